The average molecular weight is 298 g/mol. The zero-order valence-electron chi connectivity index (χ0n) is 8.81. The zero-order chi connectivity index (χ0) is 12.4. The minimum Gasteiger partial charge on any atom is -0.854 e. The third-order valence-electron chi connectivity index (χ3n) is 2.06. The van der Waals surface area contributed by atoms with Gasteiger partial charge in [0.25, 0.3) is 0 Å². The molecule has 0 bridgehead atoms. The lowest BCUT2D eigenvalue weighted by atomic mass is 10.3. The minimum absolute atomic E-state index is 0.145. The highest BCUT2D eigenvalue weighted by Gasteiger charge is 2.17. The highest BCUT2D eigenvalue weighted by atomic mass is 79.9. The Morgan fingerprint density at radius 1 is 1.47 bits per heavy atom. The first-order chi connectivity index (χ1) is 8.08. The summed E-state index contributed by atoms with van der Waals surface area (Å²) in [7, 11) is 1.50. The fourth-order valence-electron chi connectivity index (χ4n) is 1.26. The summed E-state index contributed by atoms with van der Waals surface area (Å²) in [6.45, 7) is 0. The number of rotatable bonds is 2. The second-order valence-corrected chi connectivity index (χ2v) is 4.20. The van der Waals surface area contributed by atoms with E-state index in [-0.39, 0.29) is 5.69 Å². The number of aromatic nitrogens is 2. The number of hydrogen-bond donors (Lipinski definition) is 1. The number of aromatic amines is 1. The first-order valence-corrected chi connectivity index (χ1v) is 5.46. The number of nitrogens with one attached hydrogen (secondary N) is 1. The molecule has 0 fully saturated rings. The molecule has 6 nitrogen and oxygen atoms in total. The summed E-state index contributed by atoms with van der Waals surface area (Å²) in [5.41, 5.74) is -0.412. The average Bonchev–Trinajstić information content (AvgIpc) is 2.62. The maximum absolute atomic E-state index is 11.7. The molecule has 0 saturated carbocycles. The summed E-state index contributed by atoms with van der Waals surface area (Å²) in [5.74, 6) is -0.648. The van der Waals surface area contributed by atoms with E-state index in [9.17, 15) is 9.90 Å². The topological polar surface area (TPSA) is 85.3 Å². The second-order valence-electron chi connectivity index (χ2n) is 3.28. The third kappa shape index (κ3) is 2.44. The van der Waals surface area contributed by atoms with Gasteiger partial charge in [0, 0.05) is 4.47 Å². The van der Waals surface area contributed by atoms with Crippen molar-refractivity contribution in [3.05, 3.63) is 44.9 Å². The van der Waals surface area contributed by atoms with Gasteiger partial charge in [-0.1, -0.05) is 20.6 Å². The molecule has 88 valence electrons. The van der Waals surface area contributed by atoms with Gasteiger partial charge in [-0.2, -0.15) is 0 Å². The largest absolute Gasteiger partial charge is 0.854 e. The third-order valence-corrected chi connectivity index (χ3v) is 2.59. The monoisotopic (exact) mass is 297 g/mol. The summed E-state index contributed by atoms with van der Waals surface area (Å²) < 4.78 is 6.54. The predicted octanol–water partition coefficient (Wildman–Crippen LogP) is -0.00650. The van der Waals surface area contributed by atoms with Crippen molar-refractivity contribution in [2.45, 2.75) is 0 Å². The van der Waals surface area contributed by atoms with Crippen LogP contribution < -0.4 is 15.4 Å². The van der Waals surface area contributed by atoms with Crippen LogP contribution in [0.3, 0.4) is 0 Å². The standard InChI is InChI=1S/C10H8BrN3O3/c1-14-8(10(16)17-13-14)9(15)12-7-4-2-6(11)3-5-7/h2-5H,1H3,(H-,12,13,15,16). The van der Waals surface area contributed by atoms with E-state index >= 15 is 0 Å². The van der Waals surface area contributed by atoms with Crippen molar-refractivity contribution >= 4 is 27.5 Å². The first-order valence-electron chi connectivity index (χ1n) is 4.67. The van der Waals surface area contributed by atoms with Crippen molar-refractivity contribution in [2.75, 3.05) is 0 Å². The predicted molar refractivity (Wildman–Crippen MR) is 60.8 cm³/mol. The van der Waals surface area contributed by atoms with Crippen LogP contribution in [0, 0.1) is 0 Å². The van der Waals surface area contributed by atoms with Crippen molar-refractivity contribution in [1.82, 2.24) is 5.27 Å². The van der Waals surface area contributed by atoms with Crippen LogP contribution in [0.15, 0.2) is 43.0 Å². The van der Waals surface area contributed by atoms with Crippen LogP contribution in [0.5, 0.6) is 0 Å². The van der Waals surface area contributed by atoms with E-state index in [1.807, 2.05) is 0 Å². The van der Waals surface area contributed by atoms with E-state index < -0.39 is 11.5 Å². The normalized spacial score (nSPS) is 11.8. The van der Waals surface area contributed by atoms with Crippen molar-refractivity contribution in [3.8, 4) is 0 Å². The minimum atomic E-state index is -0.738. The molecule has 1 heterocycles. The lowest BCUT2D eigenvalue weighted by Crippen LogP contribution is -2.43. The van der Waals surface area contributed by atoms with Gasteiger partial charge in [-0.05, 0) is 29.5 Å². The fourth-order valence-corrected chi connectivity index (χ4v) is 1.52. The Hall–Kier alpha value is -1.89. The SMILES string of the molecule is C[n+]1[nH]oc(=O)c1C([O-])=Nc1ccc(Br)cc1. The molecule has 0 aliphatic carbocycles. The number of aliphatic imine (C=N–C) groups is 1. The van der Waals surface area contributed by atoms with Gasteiger partial charge in [-0.3, -0.25) is 9.52 Å². The highest BCUT2D eigenvalue weighted by Crippen LogP contribution is 2.16. The Kier molecular flexibility index (Phi) is 3.10. The molecule has 1 N–H and O–H groups in total. The van der Waals surface area contributed by atoms with Gasteiger partial charge in [-0.15, -0.1) is 0 Å². The van der Waals surface area contributed by atoms with Gasteiger partial charge in [-0.25, -0.2) is 4.79 Å². The molecule has 2 rings (SSSR count). The molecule has 1 aromatic heterocycles. The molecule has 0 spiro atoms. The van der Waals surface area contributed by atoms with Gasteiger partial charge >= 0.3 is 11.3 Å². The summed E-state index contributed by atoms with van der Waals surface area (Å²) in [6, 6.07) is 6.84. The summed E-state index contributed by atoms with van der Waals surface area (Å²) in [4.78, 5) is 15.0. The number of benzene rings is 1. The quantitative estimate of drug-likeness (QED) is 0.481. The highest BCUT2D eigenvalue weighted by molar-refractivity contribution is 9.10. The van der Waals surface area contributed by atoms with E-state index in [0.29, 0.717) is 5.69 Å². The van der Waals surface area contributed by atoms with Gasteiger partial charge in [0.1, 0.15) is 0 Å². The van der Waals surface area contributed by atoms with Gasteiger partial charge in [0.2, 0.25) is 0 Å². The molecule has 1 aromatic carbocycles. The van der Waals surface area contributed by atoms with Crippen LogP contribution in [-0.4, -0.2) is 11.2 Å². The number of aryl methyl sites for hydroxylation is 1. The molecule has 0 saturated heterocycles. The molecular formula is C10H8BrN3O3. The fraction of sp³-hybridized carbons (Fsp3) is 0.100. The van der Waals surface area contributed by atoms with Crippen molar-refractivity contribution in [2.24, 2.45) is 12.0 Å². The summed E-state index contributed by atoms with van der Waals surface area (Å²) in [5, 5.41) is 14.0. The molecule has 0 atom stereocenters. The lowest BCUT2D eigenvalue weighted by Gasteiger charge is -2.02. The van der Waals surface area contributed by atoms with Crippen LogP contribution in [0.4, 0.5) is 5.69 Å². The van der Waals surface area contributed by atoms with Gasteiger partial charge in [0.05, 0.1) is 11.6 Å². The van der Waals surface area contributed by atoms with Gasteiger partial charge < -0.3 is 5.11 Å². The number of nitrogens with zero attached hydrogens (tertiary/aromatic N) is 2. The van der Waals surface area contributed by atoms with Gasteiger partial charge in [0.15, 0.2) is 7.05 Å². The molecule has 2 aromatic rings. The van der Waals surface area contributed by atoms with Crippen LogP contribution in [0.1, 0.15) is 5.69 Å². The molecular weight excluding hydrogens is 290 g/mol. The molecule has 0 amide bonds. The van der Waals surface area contributed by atoms with E-state index in [1.165, 1.54) is 11.7 Å². The zero-order valence-corrected chi connectivity index (χ0v) is 10.4. The molecule has 0 radical (unpaired) electrons. The van der Waals surface area contributed by atoms with Crippen LogP contribution in [0.25, 0.3) is 0 Å². The number of H-pyrrole nitrogens is 1. The molecule has 0 aliphatic heterocycles. The Balaban J connectivity index is 2.41. The van der Waals surface area contributed by atoms with Crippen molar-refractivity contribution in [1.29, 1.82) is 0 Å². The summed E-state index contributed by atoms with van der Waals surface area (Å²) >= 11 is 3.27. The smallest absolute Gasteiger partial charge is 0.435 e. The van der Waals surface area contributed by atoms with E-state index in [4.69, 9.17) is 0 Å². The summed E-state index contributed by atoms with van der Waals surface area (Å²) in [6.07, 6.45) is 0. The maximum Gasteiger partial charge on any atom is 0.435 e. The maximum atomic E-state index is 11.7. The Labute approximate surface area is 104 Å². The Morgan fingerprint density at radius 2 is 2.12 bits per heavy atom. The molecule has 0 aliphatic rings. The molecule has 0 unspecified atom stereocenters. The first kappa shape index (κ1) is 11.6. The van der Waals surface area contributed by atoms with Crippen LogP contribution >= 0.6 is 15.9 Å². The van der Waals surface area contributed by atoms with Crippen molar-refractivity contribution < 1.29 is 14.3 Å². The number of hydrogen-bond acceptors (Lipinski definition) is 4. The van der Waals surface area contributed by atoms with Crippen molar-refractivity contribution in [3.63, 3.8) is 0 Å². The van der Waals surface area contributed by atoms with E-state index in [1.54, 1.807) is 24.3 Å². The van der Waals surface area contributed by atoms with Crippen LogP contribution in [0.2, 0.25) is 0 Å². The molecule has 17 heavy (non-hydrogen) atoms. The van der Waals surface area contributed by atoms with E-state index in [0.717, 1.165) is 4.47 Å². The Morgan fingerprint density at radius 3 is 2.65 bits per heavy atom. The molecule has 7 heteroatoms. The Bertz CT molecular complexity index is 612. The van der Waals surface area contributed by atoms with Crippen LogP contribution in [-0.2, 0) is 7.05 Å². The van der Waals surface area contributed by atoms with E-state index in [2.05, 4.69) is 30.7 Å². The number of halogens is 1. The lowest BCUT2D eigenvalue weighted by molar-refractivity contribution is -0.742. The second kappa shape index (κ2) is 4.54.